The normalized spacial score (nSPS) is 11.0. The van der Waals surface area contributed by atoms with Crippen LogP contribution in [0.2, 0.25) is 0 Å². The molecule has 136 valence electrons. The number of nitrogens with zero attached hydrogens (tertiary/aromatic N) is 5. The van der Waals surface area contributed by atoms with Crippen LogP contribution in [0.1, 0.15) is 19.0 Å². The minimum atomic E-state index is -0.335. The molecule has 9 heteroatoms. The molecule has 0 atom stereocenters. The van der Waals surface area contributed by atoms with E-state index in [0.717, 1.165) is 5.69 Å². The molecule has 0 aliphatic rings. The zero-order valence-corrected chi connectivity index (χ0v) is 14.8. The molecule has 3 aromatic heterocycles. The highest BCUT2D eigenvalue weighted by Crippen LogP contribution is 2.17. The summed E-state index contributed by atoms with van der Waals surface area (Å²) in [5, 5.41) is 11.8. The van der Waals surface area contributed by atoms with Gasteiger partial charge in [0.05, 0.1) is 17.6 Å². The first kappa shape index (κ1) is 16.7. The van der Waals surface area contributed by atoms with Gasteiger partial charge in [0, 0.05) is 12.5 Å². The van der Waals surface area contributed by atoms with Crippen LogP contribution in [-0.4, -0.2) is 35.4 Å². The van der Waals surface area contributed by atoms with E-state index in [1.165, 1.54) is 10.9 Å². The molecule has 4 rings (SSSR count). The highest BCUT2D eigenvalue weighted by atomic mass is 16.1. The Bertz CT molecular complexity index is 1190. The molecule has 9 nitrogen and oxygen atoms in total. The monoisotopic (exact) mass is 363 g/mol. The van der Waals surface area contributed by atoms with Crippen LogP contribution in [0.4, 0.5) is 5.82 Å². The van der Waals surface area contributed by atoms with Gasteiger partial charge in [-0.3, -0.25) is 14.6 Å². The first-order valence-electron chi connectivity index (χ1n) is 8.47. The lowest BCUT2D eigenvalue weighted by Gasteiger charge is -2.08. The van der Waals surface area contributed by atoms with Gasteiger partial charge >= 0.3 is 0 Å². The summed E-state index contributed by atoms with van der Waals surface area (Å²) in [6.07, 6.45) is 1.81. The van der Waals surface area contributed by atoms with E-state index in [1.54, 1.807) is 24.6 Å². The molecule has 1 aromatic carbocycles. The Labute approximate surface area is 153 Å². The third-order valence-electron chi connectivity index (χ3n) is 4.05. The summed E-state index contributed by atoms with van der Waals surface area (Å²) in [5.41, 5.74) is 1.53. The fourth-order valence-electron chi connectivity index (χ4n) is 2.75. The predicted molar refractivity (Wildman–Crippen MR) is 100 cm³/mol. The number of fused-ring (bicyclic) bond motifs is 1. The molecule has 0 spiro atoms. The van der Waals surface area contributed by atoms with Crippen LogP contribution < -0.4 is 10.9 Å². The van der Waals surface area contributed by atoms with Crippen molar-refractivity contribution < 1.29 is 4.79 Å². The van der Waals surface area contributed by atoms with Crippen molar-refractivity contribution in [2.24, 2.45) is 0 Å². The first-order chi connectivity index (χ1) is 13.1. The summed E-state index contributed by atoms with van der Waals surface area (Å²) in [6, 6.07) is 11.1. The highest BCUT2D eigenvalue weighted by Gasteiger charge is 2.16. The smallest absolute Gasteiger partial charge is 0.263 e. The van der Waals surface area contributed by atoms with Gasteiger partial charge in [0.1, 0.15) is 11.2 Å². The molecule has 0 saturated carbocycles. The Balaban J connectivity index is 1.89. The molecule has 0 bridgehead atoms. The fourth-order valence-corrected chi connectivity index (χ4v) is 2.75. The van der Waals surface area contributed by atoms with E-state index in [1.807, 2.05) is 30.3 Å². The van der Waals surface area contributed by atoms with Gasteiger partial charge in [0.25, 0.3) is 5.56 Å². The maximum atomic E-state index is 12.5. The lowest BCUT2D eigenvalue weighted by Crippen LogP contribution is -2.18. The summed E-state index contributed by atoms with van der Waals surface area (Å²) in [4.78, 5) is 31.6. The second kappa shape index (κ2) is 6.52. The summed E-state index contributed by atoms with van der Waals surface area (Å²) in [6.45, 7) is 3.55. The van der Waals surface area contributed by atoms with Gasteiger partial charge in [0.2, 0.25) is 11.9 Å². The SMILES string of the molecule is CCC(=O)Nc1cc(C)nn1-c1nc2c(cnn2-c2ccccc2)c(=O)[nH]1. The molecule has 3 heterocycles. The average molecular weight is 363 g/mol. The largest absolute Gasteiger partial charge is 0.310 e. The van der Waals surface area contributed by atoms with Crippen LogP contribution in [0.15, 0.2) is 47.4 Å². The minimum Gasteiger partial charge on any atom is -0.310 e. The van der Waals surface area contributed by atoms with Gasteiger partial charge in [-0.05, 0) is 19.1 Å². The molecular weight excluding hydrogens is 346 g/mol. The lowest BCUT2D eigenvalue weighted by molar-refractivity contribution is -0.115. The maximum absolute atomic E-state index is 12.5. The third kappa shape index (κ3) is 2.99. The molecule has 0 aliphatic carbocycles. The number of anilines is 1. The van der Waals surface area contributed by atoms with Crippen molar-refractivity contribution in [2.45, 2.75) is 20.3 Å². The van der Waals surface area contributed by atoms with Crippen LogP contribution in [0.5, 0.6) is 0 Å². The van der Waals surface area contributed by atoms with Gasteiger partial charge < -0.3 is 5.32 Å². The molecular formula is C18H17N7O2. The van der Waals surface area contributed by atoms with Crippen LogP contribution in [0, 0.1) is 6.92 Å². The molecule has 0 fully saturated rings. The minimum absolute atomic E-state index is 0.158. The van der Waals surface area contributed by atoms with E-state index >= 15 is 0 Å². The molecule has 0 saturated heterocycles. The van der Waals surface area contributed by atoms with Gasteiger partial charge in [-0.2, -0.15) is 19.9 Å². The standard InChI is InChI=1S/C18H17N7O2/c1-3-15(26)20-14-9-11(2)23-25(14)18-21-16-13(17(27)22-18)10-19-24(16)12-7-5-4-6-8-12/h4-10H,3H2,1-2H3,(H,20,26)(H,21,22,27). The third-order valence-corrected chi connectivity index (χ3v) is 4.05. The molecule has 2 N–H and O–H groups in total. The number of rotatable bonds is 4. The Morgan fingerprint density at radius 3 is 2.74 bits per heavy atom. The Morgan fingerprint density at radius 2 is 2.00 bits per heavy atom. The summed E-state index contributed by atoms with van der Waals surface area (Å²) >= 11 is 0. The van der Waals surface area contributed by atoms with Crippen LogP contribution in [-0.2, 0) is 4.79 Å². The topological polar surface area (TPSA) is 110 Å². The van der Waals surface area contributed by atoms with Crippen LogP contribution in [0.25, 0.3) is 22.7 Å². The van der Waals surface area contributed by atoms with E-state index in [2.05, 4.69) is 25.5 Å². The molecule has 27 heavy (non-hydrogen) atoms. The number of hydrogen-bond acceptors (Lipinski definition) is 5. The zero-order valence-electron chi connectivity index (χ0n) is 14.8. The van der Waals surface area contributed by atoms with Gasteiger partial charge in [-0.15, -0.1) is 0 Å². The van der Waals surface area contributed by atoms with Crippen molar-refractivity contribution in [1.29, 1.82) is 0 Å². The number of hydrogen-bond donors (Lipinski definition) is 2. The second-order valence-corrected chi connectivity index (χ2v) is 6.00. The van der Waals surface area contributed by atoms with Crippen LogP contribution in [0.3, 0.4) is 0 Å². The number of H-pyrrole nitrogens is 1. The number of aromatic amines is 1. The first-order valence-corrected chi connectivity index (χ1v) is 8.47. The molecule has 4 aromatic rings. The van der Waals surface area contributed by atoms with Gasteiger partial charge in [-0.1, -0.05) is 25.1 Å². The zero-order chi connectivity index (χ0) is 19.0. The molecule has 0 radical (unpaired) electrons. The lowest BCUT2D eigenvalue weighted by atomic mass is 10.3. The fraction of sp³-hybridized carbons (Fsp3) is 0.167. The van der Waals surface area contributed by atoms with Crippen molar-refractivity contribution in [3.8, 4) is 11.6 Å². The number of amides is 1. The van der Waals surface area contributed by atoms with E-state index < -0.39 is 0 Å². The Kier molecular flexibility index (Phi) is 4.03. The van der Waals surface area contributed by atoms with Gasteiger partial charge in [-0.25, -0.2) is 4.68 Å². The van der Waals surface area contributed by atoms with Crippen molar-refractivity contribution in [1.82, 2.24) is 29.5 Å². The molecule has 0 unspecified atom stereocenters. The Hall–Kier alpha value is -3.75. The number of benzene rings is 1. The van der Waals surface area contributed by atoms with E-state index in [9.17, 15) is 9.59 Å². The predicted octanol–water partition coefficient (Wildman–Crippen LogP) is 1.95. The van der Waals surface area contributed by atoms with Crippen LogP contribution >= 0.6 is 0 Å². The Morgan fingerprint density at radius 1 is 1.22 bits per heavy atom. The van der Waals surface area contributed by atoms with E-state index in [4.69, 9.17) is 0 Å². The van der Waals surface area contributed by atoms with E-state index in [-0.39, 0.29) is 17.4 Å². The second-order valence-electron chi connectivity index (χ2n) is 6.00. The van der Waals surface area contributed by atoms with Crippen molar-refractivity contribution in [2.75, 3.05) is 5.32 Å². The summed E-state index contributed by atoms with van der Waals surface area (Å²) < 4.78 is 3.00. The summed E-state index contributed by atoms with van der Waals surface area (Å²) in [5.74, 6) is 0.478. The van der Waals surface area contributed by atoms with Crippen molar-refractivity contribution >= 4 is 22.8 Å². The molecule has 1 amide bonds. The van der Waals surface area contributed by atoms with Crippen molar-refractivity contribution in [3.63, 3.8) is 0 Å². The number of aromatic nitrogens is 6. The number of nitrogens with one attached hydrogen (secondary N) is 2. The number of aryl methyl sites for hydroxylation is 1. The number of carbonyl (C=O) groups is 1. The van der Waals surface area contributed by atoms with Crippen molar-refractivity contribution in [3.05, 3.63) is 58.6 Å². The number of carbonyl (C=O) groups excluding carboxylic acids is 1. The molecule has 0 aliphatic heterocycles. The highest BCUT2D eigenvalue weighted by molar-refractivity contribution is 5.89. The van der Waals surface area contributed by atoms with Gasteiger partial charge in [0.15, 0.2) is 5.65 Å². The van der Waals surface area contributed by atoms with E-state index in [0.29, 0.717) is 29.0 Å². The number of para-hydroxylation sites is 1. The summed E-state index contributed by atoms with van der Waals surface area (Å²) in [7, 11) is 0. The average Bonchev–Trinajstić information content (AvgIpc) is 3.26. The maximum Gasteiger partial charge on any atom is 0.263 e. The quantitative estimate of drug-likeness (QED) is 0.576.